The first-order valence-corrected chi connectivity index (χ1v) is 7.82. The Labute approximate surface area is 106 Å². The molecule has 16 heavy (non-hydrogen) atoms. The lowest BCUT2D eigenvalue weighted by molar-refractivity contribution is 0.746. The van der Waals surface area contributed by atoms with Gasteiger partial charge in [-0.2, -0.15) is 0 Å². The summed E-state index contributed by atoms with van der Waals surface area (Å²) in [4.78, 5) is 5.24. The number of fused-ring (bicyclic) bond motifs is 1. The fraction of sp³-hybridized carbons (Fsp3) is 0.500. The molecule has 1 aliphatic rings. The molecule has 0 atom stereocenters. The van der Waals surface area contributed by atoms with Crippen LogP contribution in [0.25, 0.3) is 0 Å². The number of thioether (sulfide) groups is 2. The van der Waals surface area contributed by atoms with Gasteiger partial charge in [-0.1, -0.05) is 0 Å². The summed E-state index contributed by atoms with van der Waals surface area (Å²) in [5.74, 6) is 1.19. The maximum Gasteiger partial charge on any atom is 0.0505 e. The summed E-state index contributed by atoms with van der Waals surface area (Å²) >= 11 is 3.78. The van der Waals surface area contributed by atoms with Crippen molar-refractivity contribution in [3.8, 4) is 0 Å². The molecule has 2 rings (SSSR count). The second-order valence-corrected chi connectivity index (χ2v) is 5.83. The molecule has 2 nitrogen and oxygen atoms in total. The van der Waals surface area contributed by atoms with Gasteiger partial charge in [0.2, 0.25) is 0 Å². The quantitative estimate of drug-likeness (QED) is 0.837. The number of benzene rings is 1. The summed E-state index contributed by atoms with van der Waals surface area (Å²) in [6.45, 7) is 3.01. The molecule has 88 valence electrons. The predicted molar refractivity (Wildman–Crippen MR) is 74.8 cm³/mol. The van der Waals surface area contributed by atoms with Crippen molar-refractivity contribution in [3.63, 3.8) is 0 Å². The van der Waals surface area contributed by atoms with E-state index in [4.69, 9.17) is 5.73 Å². The number of rotatable bonds is 4. The van der Waals surface area contributed by atoms with Crippen LogP contribution in [-0.4, -0.2) is 31.6 Å². The average Bonchev–Trinajstić information content (AvgIpc) is 2.35. The summed E-state index contributed by atoms with van der Waals surface area (Å²) < 4.78 is 0. The van der Waals surface area contributed by atoms with Crippen LogP contribution < -0.4 is 10.6 Å². The van der Waals surface area contributed by atoms with Crippen molar-refractivity contribution >= 4 is 29.2 Å². The summed E-state index contributed by atoms with van der Waals surface area (Å²) in [7, 11) is 0. The van der Waals surface area contributed by atoms with Crippen LogP contribution in [-0.2, 0) is 0 Å². The van der Waals surface area contributed by atoms with Gasteiger partial charge in [-0.15, -0.1) is 23.5 Å². The van der Waals surface area contributed by atoms with Crippen LogP contribution in [0.2, 0.25) is 0 Å². The molecule has 2 N–H and O–H groups in total. The standard InChI is InChI=1S/C12H18N2S2/c1-15-10-3-4-11-12(9-10)16-8-7-14(11)6-2-5-13/h3-4,9H,2,5-8,13H2,1H3. The lowest BCUT2D eigenvalue weighted by Gasteiger charge is -2.31. The number of hydrogen-bond donors (Lipinski definition) is 1. The average molecular weight is 254 g/mol. The van der Waals surface area contributed by atoms with Gasteiger partial charge in [-0.3, -0.25) is 0 Å². The maximum atomic E-state index is 5.58. The van der Waals surface area contributed by atoms with Gasteiger partial charge in [0.05, 0.1) is 5.69 Å². The lowest BCUT2D eigenvalue weighted by Crippen LogP contribution is -2.31. The van der Waals surface area contributed by atoms with Crippen molar-refractivity contribution in [2.24, 2.45) is 5.73 Å². The van der Waals surface area contributed by atoms with Gasteiger partial charge in [-0.25, -0.2) is 0 Å². The maximum absolute atomic E-state index is 5.58. The molecule has 0 amide bonds. The first-order valence-electron chi connectivity index (χ1n) is 5.61. The summed E-state index contributed by atoms with van der Waals surface area (Å²) in [5.41, 5.74) is 6.97. The van der Waals surface area contributed by atoms with Gasteiger partial charge in [0.15, 0.2) is 0 Å². The second-order valence-electron chi connectivity index (χ2n) is 3.81. The lowest BCUT2D eigenvalue weighted by atomic mass is 10.2. The summed E-state index contributed by atoms with van der Waals surface area (Å²) in [6, 6.07) is 6.77. The van der Waals surface area contributed by atoms with E-state index in [-0.39, 0.29) is 0 Å². The zero-order chi connectivity index (χ0) is 11.4. The zero-order valence-corrected chi connectivity index (χ0v) is 11.2. The van der Waals surface area contributed by atoms with Crippen LogP contribution in [0.1, 0.15) is 6.42 Å². The third-order valence-electron chi connectivity index (χ3n) is 2.76. The molecule has 0 aromatic heterocycles. The monoisotopic (exact) mass is 254 g/mol. The Morgan fingerprint density at radius 2 is 2.38 bits per heavy atom. The Morgan fingerprint density at radius 3 is 3.12 bits per heavy atom. The molecule has 1 heterocycles. The molecular weight excluding hydrogens is 236 g/mol. The highest BCUT2D eigenvalue weighted by atomic mass is 32.2. The van der Waals surface area contributed by atoms with E-state index in [0.717, 1.165) is 26.1 Å². The highest BCUT2D eigenvalue weighted by Crippen LogP contribution is 2.37. The highest BCUT2D eigenvalue weighted by Gasteiger charge is 2.16. The Kier molecular flexibility index (Phi) is 4.44. The van der Waals surface area contributed by atoms with Crippen LogP contribution in [0.5, 0.6) is 0 Å². The molecule has 0 unspecified atom stereocenters. The molecule has 0 saturated carbocycles. The molecule has 4 heteroatoms. The Hall–Kier alpha value is -0.320. The number of nitrogens with zero attached hydrogens (tertiary/aromatic N) is 1. The molecule has 0 saturated heterocycles. The third kappa shape index (κ3) is 2.67. The summed E-state index contributed by atoms with van der Waals surface area (Å²) in [5, 5.41) is 0. The molecular formula is C12H18N2S2. The second kappa shape index (κ2) is 5.84. The van der Waals surface area contributed by atoms with Crippen LogP contribution >= 0.6 is 23.5 Å². The van der Waals surface area contributed by atoms with E-state index in [1.165, 1.54) is 21.2 Å². The minimum atomic E-state index is 0.780. The topological polar surface area (TPSA) is 29.3 Å². The van der Waals surface area contributed by atoms with Crippen molar-refractivity contribution in [2.75, 3.05) is 36.5 Å². The molecule has 0 aliphatic carbocycles. The fourth-order valence-corrected chi connectivity index (χ4v) is 3.50. The molecule has 0 bridgehead atoms. The van der Waals surface area contributed by atoms with E-state index in [1.54, 1.807) is 0 Å². The van der Waals surface area contributed by atoms with Gasteiger partial charge in [0.1, 0.15) is 0 Å². The van der Waals surface area contributed by atoms with E-state index in [9.17, 15) is 0 Å². The molecule has 1 aromatic carbocycles. The first kappa shape index (κ1) is 12.1. The smallest absolute Gasteiger partial charge is 0.0505 e. The minimum Gasteiger partial charge on any atom is -0.370 e. The SMILES string of the molecule is CSc1ccc2c(c1)SCCN2CCCN. The zero-order valence-electron chi connectivity index (χ0n) is 9.61. The number of nitrogens with two attached hydrogens (primary N) is 1. The van der Waals surface area contributed by atoms with Crippen molar-refractivity contribution < 1.29 is 0 Å². The summed E-state index contributed by atoms with van der Waals surface area (Å²) in [6.07, 6.45) is 3.20. The van der Waals surface area contributed by atoms with Gasteiger partial charge >= 0.3 is 0 Å². The normalized spacial score (nSPS) is 15.0. The molecule has 0 fully saturated rings. The van der Waals surface area contributed by atoms with E-state index >= 15 is 0 Å². The Morgan fingerprint density at radius 1 is 1.50 bits per heavy atom. The predicted octanol–water partition coefficient (Wildman–Crippen LogP) is 2.67. The molecule has 1 aromatic rings. The minimum absolute atomic E-state index is 0.780. The van der Waals surface area contributed by atoms with Crippen LogP contribution in [0, 0.1) is 0 Å². The number of anilines is 1. The highest BCUT2D eigenvalue weighted by molar-refractivity contribution is 8.00. The van der Waals surface area contributed by atoms with Crippen molar-refractivity contribution in [2.45, 2.75) is 16.2 Å². The van der Waals surface area contributed by atoms with Gasteiger partial charge in [-0.05, 0) is 37.4 Å². The van der Waals surface area contributed by atoms with Gasteiger partial charge in [0, 0.05) is 28.6 Å². The Balaban J connectivity index is 2.18. The molecule has 0 radical (unpaired) electrons. The number of hydrogen-bond acceptors (Lipinski definition) is 4. The van der Waals surface area contributed by atoms with Crippen molar-refractivity contribution in [1.82, 2.24) is 0 Å². The molecule has 1 aliphatic heterocycles. The Bertz CT molecular complexity index is 355. The van der Waals surface area contributed by atoms with E-state index < -0.39 is 0 Å². The molecule has 0 spiro atoms. The first-order chi connectivity index (χ1) is 7.85. The van der Waals surface area contributed by atoms with Crippen LogP contribution in [0.4, 0.5) is 5.69 Å². The van der Waals surface area contributed by atoms with Crippen molar-refractivity contribution in [3.05, 3.63) is 18.2 Å². The third-order valence-corrected chi connectivity index (χ3v) is 4.51. The van der Waals surface area contributed by atoms with Crippen LogP contribution in [0.15, 0.2) is 28.0 Å². The fourth-order valence-electron chi connectivity index (χ4n) is 1.90. The van der Waals surface area contributed by atoms with E-state index in [1.807, 2.05) is 23.5 Å². The van der Waals surface area contributed by atoms with Gasteiger partial charge < -0.3 is 10.6 Å². The van der Waals surface area contributed by atoms with E-state index in [2.05, 4.69) is 29.4 Å². The van der Waals surface area contributed by atoms with Crippen molar-refractivity contribution in [1.29, 1.82) is 0 Å². The van der Waals surface area contributed by atoms with E-state index in [0.29, 0.717) is 0 Å². The van der Waals surface area contributed by atoms with Gasteiger partial charge in [0.25, 0.3) is 0 Å². The van der Waals surface area contributed by atoms with Crippen LogP contribution in [0.3, 0.4) is 0 Å². The largest absolute Gasteiger partial charge is 0.370 e.